The number of rotatable bonds is 6. The van der Waals surface area contributed by atoms with E-state index in [1.54, 1.807) is 18.3 Å². The maximum Gasteiger partial charge on any atom is 0.220 e. The summed E-state index contributed by atoms with van der Waals surface area (Å²) in [5.74, 6) is 0.174. The third-order valence-electron chi connectivity index (χ3n) is 2.37. The summed E-state index contributed by atoms with van der Waals surface area (Å²) in [6.07, 6.45) is 0.992. The third kappa shape index (κ3) is 3.38. The number of carbonyl (C=O) groups excluding carboxylic acids is 1. The lowest BCUT2D eigenvalue weighted by Gasteiger charge is -2.31. The lowest BCUT2D eigenvalue weighted by atomic mass is 10.1. The Balaban J connectivity index is 1.87. The predicted molar refractivity (Wildman–Crippen MR) is 61.1 cm³/mol. The number of thiophene rings is 1. The van der Waals surface area contributed by atoms with Gasteiger partial charge in [0.1, 0.15) is 5.78 Å². The average Bonchev–Trinajstić information content (AvgIpc) is 2.62. The highest BCUT2D eigenvalue weighted by Crippen LogP contribution is 2.15. The zero-order valence-electron chi connectivity index (χ0n) is 9.14. The first-order valence-corrected chi connectivity index (χ1v) is 6.13. The van der Waals surface area contributed by atoms with Gasteiger partial charge in [0, 0.05) is 17.3 Å². The molecule has 0 amide bonds. The minimum absolute atomic E-state index is 0.0847. The van der Waals surface area contributed by atoms with E-state index in [1.165, 1.54) is 4.88 Å². The monoisotopic (exact) mass is 241 g/mol. The molecular formula is C11H15NO3S. The summed E-state index contributed by atoms with van der Waals surface area (Å²) < 4.78 is 10.2. The molecule has 1 aromatic rings. The topological polar surface area (TPSA) is 47.6 Å². The van der Waals surface area contributed by atoms with Crippen LogP contribution in [0.2, 0.25) is 0 Å². The largest absolute Gasteiger partial charge is 0.313 e. The second-order valence-corrected chi connectivity index (χ2v) is 4.87. The number of ether oxygens (including phenoxy) is 2. The Morgan fingerprint density at radius 2 is 2.50 bits per heavy atom. The summed E-state index contributed by atoms with van der Waals surface area (Å²) in [5.41, 5.74) is 0. The molecule has 1 fully saturated rings. The zero-order valence-corrected chi connectivity index (χ0v) is 9.96. The van der Waals surface area contributed by atoms with E-state index in [1.807, 2.05) is 11.4 Å². The van der Waals surface area contributed by atoms with Gasteiger partial charge in [0.05, 0.1) is 0 Å². The van der Waals surface area contributed by atoms with E-state index >= 15 is 0 Å². The summed E-state index contributed by atoms with van der Waals surface area (Å²) in [6.45, 7) is 1.94. The molecule has 0 aliphatic carbocycles. The standard InChI is InChI=1S/C11H15NO3S/c1-8(13)5-9(12-11-14-7-15-11)6-10-3-2-4-16-10/h2-4,9,11-12H,5-7H2,1H3/t9-/m0/s1. The molecule has 0 spiro atoms. The fraction of sp³-hybridized carbons (Fsp3) is 0.545. The summed E-state index contributed by atoms with van der Waals surface area (Å²) in [7, 11) is 0. The number of nitrogens with one attached hydrogen (secondary N) is 1. The van der Waals surface area contributed by atoms with Gasteiger partial charge in [-0.2, -0.15) is 0 Å². The van der Waals surface area contributed by atoms with Crippen molar-refractivity contribution in [1.82, 2.24) is 5.32 Å². The van der Waals surface area contributed by atoms with Crippen LogP contribution in [0.4, 0.5) is 0 Å². The van der Waals surface area contributed by atoms with Crippen molar-refractivity contribution in [2.24, 2.45) is 0 Å². The van der Waals surface area contributed by atoms with Crippen molar-refractivity contribution in [3.05, 3.63) is 22.4 Å². The molecule has 2 heterocycles. The van der Waals surface area contributed by atoms with Crippen LogP contribution < -0.4 is 5.32 Å². The van der Waals surface area contributed by atoms with E-state index < -0.39 is 0 Å². The van der Waals surface area contributed by atoms with Gasteiger partial charge in [0.25, 0.3) is 0 Å². The molecule has 1 aliphatic heterocycles. The fourth-order valence-corrected chi connectivity index (χ4v) is 2.42. The Morgan fingerprint density at radius 1 is 1.69 bits per heavy atom. The zero-order chi connectivity index (χ0) is 11.4. The molecule has 1 aliphatic rings. The first-order chi connectivity index (χ1) is 7.74. The maximum absolute atomic E-state index is 11.2. The number of hydrogen-bond donors (Lipinski definition) is 1. The van der Waals surface area contributed by atoms with Crippen LogP contribution in [0.1, 0.15) is 18.2 Å². The second kappa shape index (κ2) is 5.54. The molecule has 0 aromatic carbocycles. The molecule has 0 radical (unpaired) electrons. The van der Waals surface area contributed by atoms with Crippen LogP contribution in [0.25, 0.3) is 0 Å². The molecule has 1 atom stereocenters. The van der Waals surface area contributed by atoms with E-state index in [2.05, 4.69) is 11.4 Å². The van der Waals surface area contributed by atoms with Gasteiger partial charge in [-0.05, 0) is 24.8 Å². The van der Waals surface area contributed by atoms with Gasteiger partial charge in [-0.25, -0.2) is 0 Å². The van der Waals surface area contributed by atoms with E-state index in [4.69, 9.17) is 9.47 Å². The number of hydrogen-bond acceptors (Lipinski definition) is 5. The SMILES string of the molecule is CC(=O)C[C@@H](Cc1cccs1)NC1OCO1. The average molecular weight is 241 g/mol. The molecule has 0 bridgehead atoms. The highest BCUT2D eigenvalue weighted by molar-refractivity contribution is 7.09. The van der Waals surface area contributed by atoms with Crippen molar-refractivity contribution < 1.29 is 14.3 Å². The van der Waals surface area contributed by atoms with Gasteiger partial charge in [0.2, 0.25) is 6.41 Å². The molecule has 1 aromatic heterocycles. The Labute approximate surface area is 98.6 Å². The third-order valence-corrected chi connectivity index (χ3v) is 3.27. The molecule has 5 heteroatoms. The molecule has 88 valence electrons. The first kappa shape index (κ1) is 11.7. The van der Waals surface area contributed by atoms with Crippen molar-refractivity contribution >= 4 is 17.1 Å². The van der Waals surface area contributed by atoms with Crippen LogP contribution in [0, 0.1) is 0 Å². The van der Waals surface area contributed by atoms with E-state index in [0.29, 0.717) is 13.2 Å². The summed E-state index contributed by atoms with van der Waals surface area (Å²) >= 11 is 1.70. The second-order valence-electron chi connectivity index (χ2n) is 3.84. The minimum Gasteiger partial charge on any atom is -0.313 e. The molecular weight excluding hydrogens is 226 g/mol. The van der Waals surface area contributed by atoms with Crippen LogP contribution >= 0.6 is 11.3 Å². The van der Waals surface area contributed by atoms with Crippen LogP contribution in [0.3, 0.4) is 0 Å². The normalized spacial score (nSPS) is 18.1. The van der Waals surface area contributed by atoms with E-state index in [9.17, 15) is 4.79 Å². The Morgan fingerprint density at radius 3 is 3.00 bits per heavy atom. The van der Waals surface area contributed by atoms with Gasteiger partial charge in [-0.1, -0.05) is 6.07 Å². The molecule has 1 N–H and O–H groups in total. The van der Waals surface area contributed by atoms with Crippen LogP contribution in [-0.4, -0.2) is 25.0 Å². The predicted octanol–water partition coefficient (Wildman–Crippen LogP) is 1.52. The molecule has 0 unspecified atom stereocenters. The number of ketones is 1. The molecule has 4 nitrogen and oxygen atoms in total. The maximum atomic E-state index is 11.2. The molecule has 16 heavy (non-hydrogen) atoms. The fourth-order valence-electron chi connectivity index (χ4n) is 1.63. The van der Waals surface area contributed by atoms with Crippen molar-refractivity contribution in [2.75, 3.05) is 6.79 Å². The molecule has 2 rings (SSSR count). The highest BCUT2D eigenvalue weighted by atomic mass is 32.1. The number of carbonyl (C=O) groups is 1. The van der Waals surface area contributed by atoms with Gasteiger partial charge in [0.15, 0.2) is 6.79 Å². The van der Waals surface area contributed by atoms with Crippen molar-refractivity contribution in [1.29, 1.82) is 0 Å². The Kier molecular flexibility index (Phi) is 4.06. The van der Waals surface area contributed by atoms with Gasteiger partial charge >= 0.3 is 0 Å². The quantitative estimate of drug-likeness (QED) is 0.820. The van der Waals surface area contributed by atoms with Crippen molar-refractivity contribution in [2.45, 2.75) is 32.2 Å². The number of Topliss-reactive ketones (excluding diaryl/α,β-unsaturated/α-hetero) is 1. The molecule has 1 saturated heterocycles. The van der Waals surface area contributed by atoms with Crippen LogP contribution in [0.5, 0.6) is 0 Å². The Bertz CT molecular complexity index is 335. The van der Waals surface area contributed by atoms with Crippen molar-refractivity contribution in [3.8, 4) is 0 Å². The lowest BCUT2D eigenvalue weighted by molar-refractivity contribution is -0.335. The van der Waals surface area contributed by atoms with Crippen molar-refractivity contribution in [3.63, 3.8) is 0 Å². The van der Waals surface area contributed by atoms with Crippen LogP contribution in [-0.2, 0) is 20.7 Å². The first-order valence-electron chi connectivity index (χ1n) is 5.25. The van der Waals surface area contributed by atoms with E-state index in [-0.39, 0.29) is 18.2 Å². The minimum atomic E-state index is -0.343. The molecule has 0 saturated carbocycles. The highest BCUT2D eigenvalue weighted by Gasteiger charge is 2.23. The van der Waals surface area contributed by atoms with E-state index in [0.717, 1.165) is 6.42 Å². The summed E-state index contributed by atoms with van der Waals surface area (Å²) in [5, 5.41) is 5.20. The van der Waals surface area contributed by atoms with Crippen LogP contribution in [0.15, 0.2) is 17.5 Å². The smallest absolute Gasteiger partial charge is 0.220 e. The van der Waals surface area contributed by atoms with Gasteiger partial charge < -0.3 is 9.47 Å². The lowest BCUT2D eigenvalue weighted by Crippen LogP contribution is -2.49. The Hall–Kier alpha value is -0.750. The van der Waals surface area contributed by atoms with Gasteiger partial charge in [-0.3, -0.25) is 10.1 Å². The summed E-state index contributed by atoms with van der Waals surface area (Å²) in [4.78, 5) is 12.4. The van der Waals surface area contributed by atoms with Gasteiger partial charge in [-0.15, -0.1) is 11.3 Å². The summed E-state index contributed by atoms with van der Waals surface area (Å²) in [6, 6.07) is 4.17.